The summed E-state index contributed by atoms with van der Waals surface area (Å²) in [6.07, 6.45) is 0.668. The van der Waals surface area contributed by atoms with E-state index < -0.39 is 11.4 Å². The van der Waals surface area contributed by atoms with Gasteiger partial charge in [0, 0.05) is 29.7 Å². The van der Waals surface area contributed by atoms with Crippen molar-refractivity contribution in [1.82, 2.24) is 5.32 Å². The van der Waals surface area contributed by atoms with E-state index in [0.717, 1.165) is 16.8 Å². The number of carbonyl (C=O) groups is 3. The van der Waals surface area contributed by atoms with Crippen LogP contribution < -0.4 is 15.1 Å². The summed E-state index contributed by atoms with van der Waals surface area (Å²) in [5.74, 6) is -1.20. The van der Waals surface area contributed by atoms with Crippen LogP contribution in [0.25, 0.3) is 0 Å². The van der Waals surface area contributed by atoms with Crippen LogP contribution in [0, 0.1) is 0 Å². The first-order chi connectivity index (χ1) is 16.4. The molecule has 3 aromatic carbocycles. The number of amides is 3. The summed E-state index contributed by atoms with van der Waals surface area (Å²) in [5, 5.41) is 13.1. The quantitative estimate of drug-likeness (QED) is 0.576. The molecule has 7 nitrogen and oxygen atoms in total. The molecule has 0 radical (unpaired) electrons. The number of anilines is 3. The van der Waals surface area contributed by atoms with Gasteiger partial charge in [0.2, 0.25) is 5.91 Å². The first-order valence-electron chi connectivity index (χ1n) is 11.0. The second kappa shape index (κ2) is 7.33. The molecule has 170 valence electrons. The Bertz CT molecular complexity index is 1370. The average molecular weight is 474 g/mol. The zero-order valence-electron chi connectivity index (χ0n) is 18.0. The van der Waals surface area contributed by atoms with Crippen molar-refractivity contribution in [3.8, 4) is 0 Å². The lowest BCUT2D eigenvalue weighted by molar-refractivity contribution is -0.119. The zero-order chi connectivity index (χ0) is 23.6. The van der Waals surface area contributed by atoms with Crippen LogP contribution in [0.3, 0.4) is 0 Å². The van der Waals surface area contributed by atoms with Crippen LogP contribution in [-0.2, 0) is 10.2 Å². The van der Waals surface area contributed by atoms with Gasteiger partial charge in [0.05, 0.1) is 22.4 Å². The molecule has 2 fully saturated rings. The molecule has 8 heteroatoms. The Morgan fingerprint density at radius 1 is 1.03 bits per heavy atom. The molecule has 1 saturated carbocycles. The van der Waals surface area contributed by atoms with Crippen LogP contribution in [0.15, 0.2) is 66.7 Å². The van der Waals surface area contributed by atoms with Crippen LogP contribution in [0.2, 0.25) is 5.02 Å². The Balaban J connectivity index is 1.47. The normalized spacial score (nSPS) is 22.8. The Kier molecular flexibility index (Phi) is 4.47. The monoisotopic (exact) mass is 473 g/mol. The summed E-state index contributed by atoms with van der Waals surface area (Å²) in [7, 11) is 0. The molecule has 0 aromatic heterocycles. The average Bonchev–Trinajstić information content (AvgIpc) is 3.36. The highest BCUT2D eigenvalue weighted by Gasteiger charge is 2.67. The van der Waals surface area contributed by atoms with Gasteiger partial charge in [0.1, 0.15) is 0 Å². The minimum absolute atomic E-state index is 0.00917. The first-order valence-corrected chi connectivity index (χ1v) is 11.4. The number of para-hydroxylation sites is 1. The number of carboxylic acid groups (broad SMARTS) is 1. The number of hydrogen-bond acceptors (Lipinski definition) is 3. The molecule has 2 atom stereocenters. The zero-order valence-corrected chi connectivity index (χ0v) is 18.7. The molecule has 2 heterocycles. The van der Waals surface area contributed by atoms with Gasteiger partial charge < -0.3 is 10.4 Å². The predicted octanol–water partition coefficient (Wildman–Crippen LogP) is 4.67. The number of carbonyl (C=O) groups excluding carboxylic acids is 2. The van der Waals surface area contributed by atoms with Gasteiger partial charge in [0.25, 0.3) is 0 Å². The van der Waals surface area contributed by atoms with Crippen molar-refractivity contribution in [3.63, 3.8) is 0 Å². The fraction of sp³-hybridized carbons (Fsp3) is 0.192. The van der Waals surface area contributed by atoms with Crippen molar-refractivity contribution < 1.29 is 19.5 Å². The van der Waals surface area contributed by atoms with E-state index in [0.29, 0.717) is 35.9 Å². The molecule has 2 N–H and O–H groups in total. The third-order valence-electron chi connectivity index (χ3n) is 7.02. The molecule has 0 bridgehead atoms. The van der Waals surface area contributed by atoms with Crippen LogP contribution in [0.1, 0.15) is 33.8 Å². The summed E-state index contributed by atoms with van der Waals surface area (Å²) in [4.78, 5) is 41.3. The minimum atomic E-state index is -1.12. The van der Waals surface area contributed by atoms with Crippen molar-refractivity contribution in [2.75, 3.05) is 22.9 Å². The minimum Gasteiger partial charge on any atom is -0.478 e. The Morgan fingerprint density at radius 2 is 1.76 bits per heavy atom. The van der Waals surface area contributed by atoms with Gasteiger partial charge in [-0.25, -0.2) is 9.59 Å². The third kappa shape index (κ3) is 2.93. The fourth-order valence-electron chi connectivity index (χ4n) is 5.34. The second-order valence-corrected chi connectivity index (χ2v) is 9.30. The largest absolute Gasteiger partial charge is 0.478 e. The highest BCUT2D eigenvalue weighted by atomic mass is 35.5. The van der Waals surface area contributed by atoms with Gasteiger partial charge in [-0.1, -0.05) is 41.9 Å². The molecule has 2 aliphatic heterocycles. The molecule has 1 spiro atoms. The summed E-state index contributed by atoms with van der Waals surface area (Å²) in [5.41, 5.74) is 2.91. The number of hydrogen-bond donors (Lipinski definition) is 2. The maximum atomic E-state index is 14.0. The summed E-state index contributed by atoms with van der Waals surface area (Å²) in [6, 6.07) is 19.6. The molecule has 1 aliphatic carbocycles. The van der Waals surface area contributed by atoms with E-state index in [1.807, 2.05) is 48.5 Å². The molecule has 6 rings (SSSR count). The number of benzene rings is 3. The number of nitrogens with one attached hydrogen (secondary N) is 1. The maximum absolute atomic E-state index is 14.0. The molecule has 34 heavy (non-hydrogen) atoms. The number of halogens is 1. The van der Waals surface area contributed by atoms with E-state index >= 15 is 0 Å². The highest BCUT2D eigenvalue weighted by molar-refractivity contribution is 6.30. The molecule has 2 unspecified atom stereocenters. The molecule has 3 aliphatic rings. The number of carboxylic acids is 1. The van der Waals surface area contributed by atoms with Gasteiger partial charge in [-0.15, -0.1) is 0 Å². The van der Waals surface area contributed by atoms with Crippen LogP contribution in [0.4, 0.5) is 21.9 Å². The number of rotatable bonds is 4. The van der Waals surface area contributed by atoms with Crippen molar-refractivity contribution in [1.29, 1.82) is 0 Å². The molecule has 3 amide bonds. The molecular formula is C26H20ClN3O4. The van der Waals surface area contributed by atoms with E-state index in [-0.39, 0.29) is 23.4 Å². The van der Waals surface area contributed by atoms with Crippen LogP contribution >= 0.6 is 11.6 Å². The summed E-state index contributed by atoms with van der Waals surface area (Å²) >= 11 is 6.06. The standard InChI is InChI=1S/C26H20ClN3O4/c27-17-7-5-15(6-8-17)21-14-26(21)20-3-1-2-4-22(20)30(24(26)33)19-12-16(23(31)32)11-18(13-19)29-10-9-28-25(29)34/h1-8,11-13,21H,9-10,14H2,(H,28,34)(H,31,32). The lowest BCUT2D eigenvalue weighted by Gasteiger charge is -2.22. The van der Waals surface area contributed by atoms with Gasteiger partial charge in [-0.05, 0) is 53.9 Å². The Hall–Kier alpha value is -3.84. The molecule has 3 aromatic rings. The van der Waals surface area contributed by atoms with E-state index in [9.17, 15) is 19.5 Å². The SMILES string of the molecule is O=C(O)c1cc(N2CCNC2=O)cc(N2C(=O)C3(CC3c3ccc(Cl)cc3)c3ccccc32)c1. The predicted molar refractivity (Wildman–Crippen MR) is 128 cm³/mol. The molecule has 1 saturated heterocycles. The van der Waals surface area contributed by atoms with Gasteiger partial charge in [-0.2, -0.15) is 0 Å². The highest BCUT2D eigenvalue weighted by Crippen LogP contribution is 2.67. The van der Waals surface area contributed by atoms with Crippen LogP contribution in [-0.4, -0.2) is 36.1 Å². The second-order valence-electron chi connectivity index (χ2n) is 8.86. The van der Waals surface area contributed by atoms with Gasteiger partial charge >= 0.3 is 12.0 Å². The van der Waals surface area contributed by atoms with Crippen molar-refractivity contribution in [3.05, 3.63) is 88.4 Å². The van der Waals surface area contributed by atoms with Crippen molar-refractivity contribution in [2.45, 2.75) is 17.8 Å². The van der Waals surface area contributed by atoms with Gasteiger partial charge in [-0.3, -0.25) is 14.6 Å². The smallest absolute Gasteiger partial charge is 0.335 e. The number of aromatic carboxylic acids is 1. The van der Waals surface area contributed by atoms with Crippen molar-refractivity contribution >= 4 is 46.6 Å². The summed E-state index contributed by atoms with van der Waals surface area (Å²) in [6.45, 7) is 0.900. The van der Waals surface area contributed by atoms with E-state index in [1.54, 1.807) is 11.0 Å². The first kappa shape index (κ1) is 20.7. The lowest BCUT2D eigenvalue weighted by atomic mass is 9.92. The van der Waals surface area contributed by atoms with E-state index in [2.05, 4.69) is 5.32 Å². The van der Waals surface area contributed by atoms with Gasteiger partial charge in [0.15, 0.2) is 0 Å². The Morgan fingerprint density at radius 3 is 2.47 bits per heavy atom. The maximum Gasteiger partial charge on any atom is 0.335 e. The number of nitrogens with zero attached hydrogens (tertiary/aromatic N) is 2. The number of fused-ring (bicyclic) bond motifs is 2. The fourth-order valence-corrected chi connectivity index (χ4v) is 5.47. The number of urea groups is 1. The van der Waals surface area contributed by atoms with Crippen LogP contribution in [0.5, 0.6) is 0 Å². The summed E-state index contributed by atoms with van der Waals surface area (Å²) < 4.78 is 0. The third-order valence-corrected chi connectivity index (χ3v) is 7.27. The lowest BCUT2D eigenvalue weighted by Crippen LogP contribution is -2.30. The van der Waals surface area contributed by atoms with E-state index in [1.165, 1.54) is 17.0 Å². The van der Waals surface area contributed by atoms with E-state index in [4.69, 9.17) is 11.6 Å². The topological polar surface area (TPSA) is 89.9 Å². The Labute approximate surface area is 200 Å². The van der Waals surface area contributed by atoms with Crippen molar-refractivity contribution in [2.24, 2.45) is 0 Å². The molecular weight excluding hydrogens is 454 g/mol.